The monoisotopic (exact) mass is 446 g/mol. The lowest BCUT2D eigenvalue weighted by Crippen LogP contribution is -2.58. The summed E-state index contributed by atoms with van der Waals surface area (Å²) in [4.78, 5) is 48.9. The maximum Gasteiger partial charge on any atom is 0.326 e. The predicted molar refractivity (Wildman–Crippen MR) is 119 cm³/mol. The molecule has 174 valence electrons. The highest BCUT2D eigenvalue weighted by Crippen LogP contribution is 2.11. The van der Waals surface area contributed by atoms with Crippen LogP contribution in [0.3, 0.4) is 0 Å². The molecule has 0 aromatic rings. The SMILES string of the molecule is CCC(C)C(N)C(=O)NC(C(=O)NC(C)C(=O)NC(CCSC)C(=O)O)C(C)CC. The van der Waals surface area contributed by atoms with Crippen LogP contribution in [-0.2, 0) is 19.2 Å². The van der Waals surface area contributed by atoms with Crippen molar-refractivity contribution in [3.05, 3.63) is 0 Å². The van der Waals surface area contributed by atoms with Crippen LogP contribution in [0.1, 0.15) is 53.9 Å². The second-order valence-corrected chi connectivity index (χ2v) is 8.68. The first-order valence-electron chi connectivity index (χ1n) is 10.4. The van der Waals surface area contributed by atoms with Crippen molar-refractivity contribution < 1.29 is 24.3 Å². The molecule has 6 N–H and O–H groups in total. The van der Waals surface area contributed by atoms with Crippen LogP contribution >= 0.6 is 11.8 Å². The third-order valence-electron chi connectivity index (χ3n) is 5.33. The van der Waals surface area contributed by atoms with Gasteiger partial charge in [0.15, 0.2) is 0 Å². The molecular weight excluding hydrogens is 408 g/mol. The summed E-state index contributed by atoms with van der Waals surface area (Å²) in [5.74, 6) is -2.28. The van der Waals surface area contributed by atoms with Crippen LogP contribution in [0, 0.1) is 11.8 Å². The highest BCUT2D eigenvalue weighted by Gasteiger charge is 2.31. The molecule has 0 rings (SSSR count). The lowest BCUT2D eigenvalue weighted by molar-refractivity contribution is -0.142. The number of nitrogens with two attached hydrogens (primary N) is 1. The van der Waals surface area contributed by atoms with Gasteiger partial charge in [0.25, 0.3) is 0 Å². The zero-order valence-electron chi connectivity index (χ0n) is 18.9. The molecule has 0 saturated heterocycles. The zero-order valence-corrected chi connectivity index (χ0v) is 19.7. The third-order valence-corrected chi connectivity index (χ3v) is 5.97. The van der Waals surface area contributed by atoms with E-state index < -0.39 is 47.9 Å². The molecule has 0 fully saturated rings. The number of hydrogen-bond acceptors (Lipinski definition) is 6. The second-order valence-electron chi connectivity index (χ2n) is 7.69. The number of carboxylic acid groups (broad SMARTS) is 1. The van der Waals surface area contributed by atoms with Crippen LogP contribution in [0.2, 0.25) is 0 Å². The van der Waals surface area contributed by atoms with Gasteiger partial charge in [-0.3, -0.25) is 14.4 Å². The maximum atomic E-state index is 12.8. The van der Waals surface area contributed by atoms with Crippen molar-refractivity contribution in [3.63, 3.8) is 0 Å². The summed E-state index contributed by atoms with van der Waals surface area (Å²) >= 11 is 1.48. The Morgan fingerprint density at radius 1 is 0.900 bits per heavy atom. The van der Waals surface area contributed by atoms with Crippen LogP contribution in [0.5, 0.6) is 0 Å². The van der Waals surface area contributed by atoms with Crippen LogP contribution in [0.25, 0.3) is 0 Å². The van der Waals surface area contributed by atoms with E-state index in [2.05, 4.69) is 16.0 Å². The summed E-state index contributed by atoms with van der Waals surface area (Å²) < 4.78 is 0. The minimum Gasteiger partial charge on any atom is -0.480 e. The first kappa shape index (κ1) is 28.2. The minimum absolute atomic E-state index is 0.0374. The van der Waals surface area contributed by atoms with Gasteiger partial charge in [-0.25, -0.2) is 4.79 Å². The molecule has 0 aromatic carbocycles. The molecule has 6 atom stereocenters. The van der Waals surface area contributed by atoms with E-state index in [9.17, 15) is 24.3 Å². The van der Waals surface area contributed by atoms with Crippen LogP contribution < -0.4 is 21.7 Å². The van der Waals surface area contributed by atoms with Crippen molar-refractivity contribution in [2.45, 2.75) is 78.0 Å². The third kappa shape index (κ3) is 9.34. The molecule has 0 aromatic heterocycles. The first-order chi connectivity index (χ1) is 14.0. The van der Waals surface area contributed by atoms with Gasteiger partial charge in [0.1, 0.15) is 18.1 Å². The van der Waals surface area contributed by atoms with E-state index >= 15 is 0 Å². The second kappa shape index (κ2) is 14.2. The van der Waals surface area contributed by atoms with Crippen molar-refractivity contribution in [3.8, 4) is 0 Å². The predicted octanol–water partition coefficient (Wildman–Crippen LogP) is 0.718. The lowest BCUT2D eigenvalue weighted by Gasteiger charge is -2.28. The standard InChI is InChI=1S/C20H38N4O5S/c1-7-11(3)15(21)18(26)24-16(12(4)8-2)19(27)22-13(5)17(25)23-14(20(28)29)9-10-30-6/h11-16H,7-10,21H2,1-6H3,(H,22,27)(H,23,25)(H,24,26)(H,28,29). The van der Waals surface area contributed by atoms with Gasteiger partial charge in [-0.1, -0.05) is 40.5 Å². The fourth-order valence-corrected chi connectivity index (χ4v) is 3.09. The molecule has 0 heterocycles. The quantitative estimate of drug-likeness (QED) is 0.264. The van der Waals surface area contributed by atoms with E-state index in [0.717, 1.165) is 6.42 Å². The number of rotatable bonds is 14. The number of aliphatic carboxylic acids is 1. The van der Waals surface area contributed by atoms with Crippen molar-refractivity contribution in [2.24, 2.45) is 17.6 Å². The molecule has 0 aliphatic heterocycles. The molecule has 10 heteroatoms. The Balaban J connectivity index is 5.11. The summed E-state index contributed by atoms with van der Waals surface area (Å²) in [6, 6.07) is -3.56. The largest absolute Gasteiger partial charge is 0.480 e. The topological polar surface area (TPSA) is 151 Å². The first-order valence-corrected chi connectivity index (χ1v) is 11.8. The minimum atomic E-state index is -1.13. The van der Waals surface area contributed by atoms with Crippen molar-refractivity contribution in [1.29, 1.82) is 0 Å². The van der Waals surface area contributed by atoms with E-state index in [4.69, 9.17) is 5.73 Å². The normalized spacial score (nSPS) is 17.0. The Morgan fingerprint density at radius 3 is 1.93 bits per heavy atom. The van der Waals surface area contributed by atoms with Gasteiger partial charge in [-0.2, -0.15) is 11.8 Å². The summed E-state index contributed by atoms with van der Waals surface area (Å²) in [6.45, 7) is 8.99. The fraction of sp³-hybridized carbons (Fsp3) is 0.800. The number of carbonyl (C=O) groups is 4. The van der Waals surface area contributed by atoms with Crippen molar-refractivity contribution in [2.75, 3.05) is 12.0 Å². The average molecular weight is 447 g/mol. The van der Waals surface area contributed by atoms with Crippen LogP contribution in [0.15, 0.2) is 0 Å². The molecule has 3 amide bonds. The summed E-state index contributed by atoms with van der Waals surface area (Å²) in [5.41, 5.74) is 5.97. The van der Waals surface area contributed by atoms with E-state index in [0.29, 0.717) is 12.2 Å². The van der Waals surface area contributed by atoms with Gasteiger partial charge in [0.05, 0.1) is 6.04 Å². The van der Waals surface area contributed by atoms with Crippen LogP contribution in [-0.4, -0.2) is 65.0 Å². The molecule has 0 aliphatic rings. The Morgan fingerprint density at radius 2 is 1.47 bits per heavy atom. The van der Waals surface area contributed by atoms with Crippen molar-refractivity contribution >= 4 is 35.5 Å². The molecule has 0 aliphatic carbocycles. The fourth-order valence-electron chi connectivity index (χ4n) is 2.62. The summed E-state index contributed by atoms with van der Waals surface area (Å²) in [5, 5.41) is 17.0. The molecule has 0 saturated carbocycles. The molecular formula is C20H38N4O5S. The number of hydrogen-bond donors (Lipinski definition) is 5. The Labute approximate surface area is 183 Å². The highest BCUT2D eigenvalue weighted by atomic mass is 32.2. The van der Waals surface area contributed by atoms with Crippen LogP contribution in [0.4, 0.5) is 0 Å². The van der Waals surface area contributed by atoms with Gasteiger partial charge >= 0.3 is 5.97 Å². The molecule has 9 nitrogen and oxygen atoms in total. The zero-order chi connectivity index (χ0) is 23.4. The number of thioether (sulfide) groups is 1. The molecule has 0 bridgehead atoms. The van der Waals surface area contributed by atoms with Crippen molar-refractivity contribution in [1.82, 2.24) is 16.0 Å². The van der Waals surface area contributed by atoms with Gasteiger partial charge in [0, 0.05) is 0 Å². The molecule has 0 spiro atoms. The average Bonchev–Trinajstić information content (AvgIpc) is 2.72. The number of carbonyl (C=O) groups excluding carboxylic acids is 3. The van der Waals surface area contributed by atoms with E-state index in [-0.39, 0.29) is 18.3 Å². The lowest BCUT2D eigenvalue weighted by atomic mass is 9.95. The Bertz CT molecular complexity index is 590. The van der Waals surface area contributed by atoms with Gasteiger partial charge < -0.3 is 26.8 Å². The van der Waals surface area contributed by atoms with E-state index in [1.807, 2.05) is 34.0 Å². The number of amides is 3. The smallest absolute Gasteiger partial charge is 0.326 e. The molecule has 30 heavy (non-hydrogen) atoms. The van der Waals surface area contributed by atoms with Gasteiger partial charge in [-0.05, 0) is 37.2 Å². The maximum absolute atomic E-state index is 12.8. The summed E-state index contributed by atoms with van der Waals surface area (Å²) in [6.07, 6.45) is 3.49. The Kier molecular flexibility index (Phi) is 13.4. The highest BCUT2D eigenvalue weighted by molar-refractivity contribution is 7.98. The Hall–Kier alpha value is -1.81. The van der Waals surface area contributed by atoms with Gasteiger partial charge in [-0.15, -0.1) is 0 Å². The van der Waals surface area contributed by atoms with Gasteiger partial charge in [0.2, 0.25) is 17.7 Å². The van der Waals surface area contributed by atoms with E-state index in [1.165, 1.54) is 18.7 Å². The number of carboxylic acids is 1. The van der Waals surface area contributed by atoms with E-state index in [1.54, 1.807) is 0 Å². The molecule has 0 radical (unpaired) electrons. The summed E-state index contributed by atoms with van der Waals surface area (Å²) in [7, 11) is 0. The number of nitrogens with one attached hydrogen (secondary N) is 3. The molecule has 6 unspecified atom stereocenters.